The van der Waals surface area contributed by atoms with Crippen LogP contribution in [0, 0.1) is 5.21 Å². The van der Waals surface area contributed by atoms with E-state index in [1.54, 1.807) is 18.2 Å². The van der Waals surface area contributed by atoms with Crippen molar-refractivity contribution in [2.45, 2.75) is 0 Å². The largest absolute Gasteiger partial charge is 0.619 e. The lowest BCUT2D eigenvalue weighted by Gasteiger charge is -2.00. The first-order valence-electron chi connectivity index (χ1n) is 5.99. The molecule has 0 saturated carbocycles. The SMILES string of the molecule is COc1ncc(C(=O)O)c2cc(-c3ccc[n+]([O-])c3)oc12. The maximum absolute atomic E-state index is 11.3. The first-order valence-corrected chi connectivity index (χ1v) is 5.99. The van der Waals surface area contributed by atoms with Crippen molar-refractivity contribution in [3.63, 3.8) is 0 Å². The molecular formula is C14H10N2O5. The lowest BCUT2D eigenvalue weighted by Crippen LogP contribution is -2.23. The zero-order valence-corrected chi connectivity index (χ0v) is 10.9. The normalized spacial score (nSPS) is 10.7. The van der Waals surface area contributed by atoms with Crippen LogP contribution >= 0.6 is 0 Å². The maximum Gasteiger partial charge on any atom is 0.338 e. The fraction of sp³-hybridized carbons (Fsp3) is 0.0714. The summed E-state index contributed by atoms with van der Waals surface area (Å²) in [4.78, 5) is 15.1. The Bertz CT molecular complexity index is 840. The van der Waals surface area contributed by atoms with Crippen LogP contribution in [0.15, 0.2) is 41.2 Å². The number of rotatable bonds is 3. The number of carbonyl (C=O) groups is 1. The molecule has 3 heterocycles. The molecule has 1 N–H and O–H groups in total. The standard InChI is InChI=1S/C14H10N2O5/c1-20-13-12-9(10(6-15-13)14(17)18)5-11(21-12)8-3-2-4-16(19)7-8/h2-7H,1H3,(H,17,18). The Balaban J connectivity index is 2.27. The number of aromatic carboxylic acids is 1. The number of fused-ring (bicyclic) bond motifs is 1. The van der Waals surface area contributed by atoms with Crippen LogP contribution in [-0.4, -0.2) is 23.2 Å². The van der Waals surface area contributed by atoms with Crippen molar-refractivity contribution in [1.29, 1.82) is 0 Å². The summed E-state index contributed by atoms with van der Waals surface area (Å²) >= 11 is 0. The number of furan rings is 1. The smallest absolute Gasteiger partial charge is 0.338 e. The van der Waals surface area contributed by atoms with Crippen molar-refractivity contribution in [1.82, 2.24) is 4.98 Å². The fourth-order valence-corrected chi connectivity index (χ4v) is 2.06. The zero-order valence-electron chi connectivity index (χ0n) is 10.9. The van der Waals surface area contributed by atoms with Gasteiger partial charge >= 0.3 is 5.97 Å². The predicted molar refractivity (Wildman–Crippen MR) is 71.9 cm³/mol. The van der Waals surface area contributed by atoms with E-state index in [0.29, 0.717) is 21.4 Å². The average molecular weight is 286 g/mol. The second-order valence-corrected chi connectivity index (χ2v) is 4.29. The third-order valence-corrected chi connectivity index (χ3v) is 3.01. The third kappa shape index (κ3) is 2.14. The molecule has 0 amide bonds. The summed E-state index contributed by atoms with van der Waals surface area (Å²) in [7, 11) is 1.42. The van der Waals surface area contributed by atoms with Crippen LogP contribution in [0.5, 0.6) is 5.88 Å². The van der Waals surface area contributed by atoms with Gasteiger partial charge < -0.3 is 19.5 Å². The molecule has 0 aromatic carbocycles. The Hall–Kier alpha value is -3.09. The van der Waals surface area contributed by atoms with Crippen molar-refractivity contribution in [2.75, 3.05) is 7.11 Å². The van der Waals surface area contributed by atoms with E-state index in [1.807, 2.05) is 0 Å². The molecule has 0 atom stereocenters. The van der Waals surface area contributed by atoms with Crippen molar-refractivity contribution in [3.8, 4) is 17.2 Å². The minimum Gasteiger partial charge on any atom is -0.619 e. The van der Waals surface area contributed by atoms with Crippen LogP contribution in [0.1, 0.15) is 10.4 Å². The fourth-order valence-electron chi connectivity index (χ4n) is 2.06. The molecule has 0 radical (unpaired) electrons. The topological polar surface area (TPSA) is 99.5 Å². The summed E-state index contributed by atoms with van der Waals surface area (Å²) in [5.74, 6) is -0.564. The third-order valence-electron chi connectivity index (χ3n) is 3.01. The molecule has 3 aromatic rings. The van der Waals surface area contributed by atoms with E-state index in [1.165, 1.54) is 25.7 Å². The molecule has 0 aliphatic heterocycles. The van der Waals surface area contributed by atoms with Crippen LogP contribution in [0.2, 0.25) is 0 Å². The maximum atomic E-state index is 11.3. The summed E-state index contributed by atoms with van der Waals surface area (Å²) in [5.41, 5.74) is 0.766. The molecule has 0 saturated heterocycles. The number of methoxy groups -OCH3 is 1. The highest BCUT2D eigenvalue weighted by atomic mass is 16.5. The van der Waals surface area contributed by atoms with E-state index >= 15 is 0 Å². The molecule has 0 aliphatic carbocycles. The minimum absolute atomic E-state index is 0.00623. The molecule has 21 heavy (non-hydrogen) atoms. The zero-order chi connectivity index (χ0) is 15.0. The Morgan fingerprint density at radius 1 is 1.52 bits per heavy atom. The Labute approximate surface area is 118 Å². The molecule has 7 nitrogen and oxygen atoms in total. The number of hydrogen-bond donors (Lipinski definition) is 1. The van der Waals surface area contributed by atoms with Crippen LogP contribution in [0.3, 0.4) is 0 Å². The van der Waals surface area contributed by atoms with E-state index in [2.05, 4.69) is 4.98 Å². The van der Waals surface area contributed by atoms with Gasteiger partial charge in [0, 0.05) is 17.6 Å². The van der Waals surface area contributed by atoms with Crippen molar-refractivity contribution < 1.29 is 23.8 Å². The second-order valence-electron chi connectivity index (χ2n) is 4.29. The van der Waals surface area contributed by atoms with E-state index in [4.69, 9.17) is 9.15 Å². The van der Waals surface area contributed by atoms with E-state index < -0.39 is 5.97 Å². The molecule has 3 aromatic heterocycles. The van der Waals surface area contributed by atoms with Gasteiger partial charge in [-0.25, -0.2) is 9.78 Å². The van der Waals surface area contributed by atoms with Gasteiger partial charge in [-0.3, -0.25) is 0 Å². The van der Waals surface area contributed by atoms with Crippen molar-refractivity contribution in [3.05, 3.63) is 47.6 Å². The van der Waals surface area contributed by atoms with Gasteiger partial charge in [0.05, 0.1) is 18.2 Å². The molecule has 7 heteroatoms. The highest BCUT2D eigenvalue weighted by molar-refractivity contribution is 6.04. The average Bonchev–Trinajstić information content (AvgIpc) is 2.90. The first kappa shape index (κ1) is 12.9. The van der Waals surface area contributed by atoms with Gasteiger partial charge in [-0.1, -0.05) is 0 Å². The first-order chi connectivity index (χ1) is 10.1. The molecule has 0 fully saturated rings. The van der Waals surface area contributed by atoms with Crippen LogP contribution in [0.4, 0.5) is 0 Å². The number of carboxylic acid groups (broad SMARTS) is 1. The van der Waals surface area contributed by atoms with Crippen LogP contribution in [0.25, 0.3) is 22.3 Å². The number of carboxylic acids is 1. The van der Waals surface area contributed by atoms with Crippen molar-refractivity contribution in [2.24, 2.45) is 0 Å². The van der Waals surface area contributed by atoms with Crippen LogP contribution < -0.4 is 9.47 Å². The summed E-state index contributed by atoms with van der Waals surface area (Å²) in [6.07, 6.45) is 3.89. The van der Waals surface area contributed by atoms with Gasteiger partial charge in [-0.2, -0.15) is 4.73 Å². The molecule has 3 rings (SSSR count). The highest BCUT2D eigenvalue weighted by Gasteiger charge is 2.19. The molecular weight excluding hydrogens is 276 g/mol. The number of nitrogens with zero attached hydrogens (tertiary/aromatic N) is 2. The number of pyridine rings is 2. The van der Waals surface area contributed by atoms with Gasteiger partial charge in [0.1, 0.15) is 5.76 Å². The summed E-state index contributed by atoms with van der Waals surface area (Å²) < 4.78 is 11.3. The quantitative estimate of drug-likeness (QED) is 0.582. The lowest BCUT2D eigenvalue weighted by molar-refractivity contribution is -0.604. The molecule has 0 spiro atoms. The predicted octanol–water partition coefficient (Wildman–Crippen LogP) is 1.83. The Morgan fingerprint density at radius 2 is 2.33 bits per heavy atom. The number of aromatic nitrogens is 2. The van der Waals surface area contributed by atoms with Crippen LogP contribution in [-0.2, 0) is 0 Å². The molecule has 0 aliphatic rings. The van der Waals surface area contributed by atoms with Gasteiger partial charge in [-0.15, -0.1) is 0 Å². The Morgan fingerprint density at radius 3 is 3.00 bits per heavy atom. The van der Waals surface area contributed by atoms with Gasteiger partial charge in [0.25, 0.3) is 5.88 Å². The monoisotopic (exact) mass is 286 g/mol. The second kappa shape index (κ2) is 4.78. The molecule has 0 bridgehead atoms. The molecule has 0 unspecified atom stereocenters. The van der Waals surface area contributed by atoms with Gasteiger partial charge in [-0.05, 0) is 12.1 Å². The van der Waals surface area contributed by atoms with Gasteiger partial charge in [0.15, 0.2) is 18.0 Å². The molecule has 106 valence electrons. The van der Waals surface area contributed by atoms with Gasteiger partial charge in [0.2, 0.25) is 0 Å². The Kier molecular flexibility index (Phi) is 2.94. The summed E-state index contributed by atoms with van der Waals surface area (Å²) in [6.45, 7) is 0. The summed E-state index contributed by atoms with van der Waals surface area (Å²) in [5, 5.41) is 20.9. The number of ether oxygens (including phenoxy) is 1. The summed E-state index contributed by atoms with van der Waals surface area (Å²) in [6, 6.07) is 4.81. The number of hydrogen-bond acceptors (Lipinski definition) is 5. The minimum atomic E-state index is -1.12. The van der Waals surface area contributed by atoms with Crippen molar-refractivity contribution >= 4 is 16.9 Å². The lowest BCUT2D eigenvalue weighted by atomic mass is 10.1. The van der Waals surface area contributed by atoms with E-state index in [0.717, 1.165) is 0 Å². The highest BCUT2D eigenvalue weighted by Crippen LogP contribution is 2.33. The van der Waals surface area contributed by atoms with E-state index in [-0.39, 0.29) is 17.0 Å². The van der Waals surface area contributed by atoms with E-state index in [9.17, 15) is 15.1 Å².